The van der Waals surface area contributed by atoms with Gasteiger partial charge in [-0.05, 0) is 18.6 Å². The van der Waals surface area contributed by atoms with Crippen molar-refractivity contribution in [3.05, 3.63) is 51.2 Å². The van der Waals surface area contributed by atoms with Gasteiger partial charge in [0.1, 0.15) is 5.15 Å². The first-order valence-corrected chi connectivity index (χ1v) is 7.87. The summed E-state index contributed by atoms with van der Waals surface area (Å²) in [4.78, 5) is 39.6. The Morgan fingerprint density at radius 3 is 2.58 bits per heavy atom. The number of ether oxygens (including phenoxy) is 2. The van der Waals surface area contributed by atoms with Crippen molar-refractivity contribution in [1.82, 2.24) is 14.8 Å². The quantitative estimate of drug-likeness (QED) is 0.219. The Balaban J connectivity index is 2.94. The highest BCUT2D eigenvalue weighted by Crippen LogP contribution is 2.16. The van der Waals surface area contributed by atoms with Gasteiger partial charge < -0.3 is 14.4 Å². The normalized spacial score (nSPS) is 10.8. The highest BCUT2D eigenvalue weighted by Gasteiger charge is 2.23. The highest BCUT2D eigenvalue weighted by atomic mass is 35.5. The van der Waals surface area contributed by atoms with Crippen molar-refractivity contribution in [2.75, 3.05) is 20.4 Å². The topological polar surface area (TPSA) is 115 Å². The summed E-state index contributed by atoms with van der Waals surface area (Å²) in [6, 6.07) is 3.32. The fourth-order valence-electron chi connectivity index (χ4n) is 1.90. The molecule has 1 amide bonds. The SMILES string of the molecule is CCN(Cc1ccc(Cl)nc1)/C(=C\[N+](=O)[O-])N(C)C(=O)OCOC(C)=O. The summed E-state index contributed by atoms with van der Waals surface area (Å²) in [6.45, 7) is 2.97. The summed E-state index contributed by atoms with van der Waals surface area (Å²) in [6.07, 6.45) is 1.32. The minimum absolute atomic E-state index is 0.000255. The summed E-state index contributed by atoms with van der Waals surface area (Å²) in [5, 5.41) is 11.3. The van der Waals surface area contributed by atoms with E-state index in [1.807, 2.05) is 0 Å². The van der Waals surface area contributed by atoms with Crippen LogP contribution in [0.25, 0.3) is 0 Å². The predicted molar refractivity (Wildman–Crippen MR) is 91.3 cm³/mol. The van der Waals surface area contributed by atoms with E-state index < -0.39 is 23.8 Å². The molecule has 0 aliphatic heterocycles. The fraction of sp³-hybridized carbons (Fsp3) is 0.400. The van der Waals surface area contributed by atoms with Crippen LogP contribution in [-0.2, 0) is 20.8 Å². The lowest BCUT2D eigenvalue weighted by Crippen LogP contribution is -2.37. The smallest absolute Gasteiger partial charge is 0.418 e. The third-order valence-electron chi connectivity index (χ3n) is 3.15. The zero-order valence-electron chi connectivity index (χ0n) is 14.5. The molecule has 11 heteroatoms. The number of nitrogens with zero attached hydrogens (tertiary/aromatic N) is 4. The fourth-order valence-corrected chi connectivity index (χ4v) is 2.01. The van der Waals surface area contributed by atoms with Gasteiger partial charge in [0.2, 0.25) is 6.79 Å². The van der Waals surface area contributed by atoms with Crippen LogP contribution in [0.2, 0.25) is 5.15 Å². The molecule has 0 aliphatic rings. The zero-order chi connectivity index (χ0) is 19.7. The molecule has 0 spiro atoms. The lowest BCUT2D eigenvalue weighted by molar-refractivity contribution is -0.405. The summed E-state index contributed by atoms with van der Waals surface area (Å²) in [7, 11) is 1.31. The van der Waals surface area contributed by atoms with Crippen LogP contribution in [0.5, 0.6) is 0 Å². The monoisotopic (exact) mass is 386 g/mol. The Bertz CT molecular complexity index is 679. The van der Waals surface area contributed by atoms with Gasteiger partial charge in [0.15, 0.2) is 5.82 Å². The number of esters is 1. The molecule has 0 fully saturated rings. The lowest BCUT2D eigenvalue weighted by atomic mass is 10.2. The second-order valence-electron chi connectivity index (χ2n) is 5.00. The Kier molecular flexibility index (Phi) is 8.29. The molecule has 1 aromatic heterocycles. The summed E-state index contributed by atoms with van der Waals surface area (Å²) < 4.78 is 9.28. The number of hydrogen-bond donors (Lipinski definition) is 0. The van der Waals surface area contributed by atoms with Crippen molar-refractivity contribution >= 4 is 23.7 Å². The standard InChI is InChI=1S/C15H19ClN4O6/c1-4-19(8-12-5-6-13(16)17-7-12)14(9-20(23)24)18(3)15(22)26-10-25-11(2)21/h5-7,9H,4,8,10H2,1-3H3/b14-9-. The van der Waals surface area contributed by atoms with Crippen molar-refractivity contribution in [2.45, 2.75) is 20.4 Å². The first kappa shape index (κ1) is 21.2. The van der Waals surface area contributed by atoms with E-state index in [-0.39, 0.29) is 12.4 Å². The molecule has 0 radical (unpaired) electrons. The minimum Gasteiger partial charge on any atom is -0.428 e. The predicted octanol–water partition coefficient (Wildman–Crippen LogP) is 2.22. The molecular weight excluding hydrogens is 368 g/mol. The molecule has 142 valence electrons. The summed E-state index contributed by atoms with van der Waals surface area (Å²) in [5.74, 6) is -0.618. The summed E-state index contributed by atoms with van der Waals surface area (Å²) >= 11 is 5.75. The van der Waals surface area contributed by atoms with E-state index in [2.05, 4.69) is 9.72 Å². The largest absolute Gasteiger partial charge is 0.428 e. The first-order chi connectivity index (χ1) is 12.2. The van der Waals surface area contributed by atoms with E-state index in [0.717, 1.165) is 17.4 Å². The molecule has 0 aliphatic carbocycles. The maximum absolute atomic E-state index is 12.1. The van der Waals surface area contributed by atoms with Crippen LogP contribution < -0.4 is 0 Å². The van der Waals surface area contributed by atoms with Crippen LogP contribution in [0.15, 0.2) is 30.4 Å². The molecule has 1 aromatic rings. The lowest BCUT2D eigenvalue weighted by Gasteiger charge is -2.29. The minimum atomic E-state index is -0.910. The van der Waals surface area contributed by atoms with Crippen molar-refractivity contribution in [1.29, 1.82) is 0 Å². The third-order valence-corrected chi connectivity index (χ3v) is 3.37. The van der Waals surface area contributed by atoms with Gasteiger partial charge in [-0.15, -0.1) is 0 Å². The number of pyridine rings is 1. The number of carbonyl (C=O) groups excluding carboxylic acids is 2. The van der Waals surface area contributed by atoms with Crippen LogP contribution in [0, 0.1) is 10.1 Å². The van der Waals surface area contributed by atoms with Gasteiger partial charge in [-0.1, -0.05) is 17.7 Å². The van der Waals surface area contributed by atoms with E-state index in [9.17, 15) is 19.7 Å². The number of amides is 1. The van der Waals surface area contributed by atoms with Crippen LogP contribution in [0.3, 0.4) is 0 Å². The maximum atomic E-state index is 12.1. The van der Waals surface area contributed by atoms with Gasteiger partial charge in [-0.3, -0.25) is 19.8 Å². The second kappa shape index (κ2) is 10.2. The van der Waals surface area contributed by atoms with Crippen LogP contribution >= 0.6 is 11.6 Å². The van der Waals surface area contributed by atoms with Crippen LogP contribution in [0.4, 0.5) is 4.79 Å². The number of carbonyl (C=O) groups is 2. The van der Waals surface area contributed by atoms with Gasteiger partial charge in [0, 0.05) is 33.3 Å². The molecule has 0 saturated heterocycles. The Morgan fingerprint density at radius 2 is 2.08 bits per heavy atom. The average molecular weight is 387 g/mol. The zero-order valence-corrected chi connectivity index (χ0v) is 15.3. The van der Waals surface area contributed by atoms with E-state index in [1.54, 1.807) is 24.0 Å². The molecule has 0 atom stereocenters. The molecule has 0 unspecified atom stereocenters. The van der Waals surface area contributed by atoms with E-state index >= 15 is 0 Å². The Labute approximate surface area is 155 Å². The Morgan fingerprint density at radius 1 is 1.38 bits per heavy atom. The molecule has 0 saturated carbocycles. The molecule has 0 N–H and O–H groups in total. The number of aromatic nitrogens is 1. The van der Waals surface area contributed by atoms with E-state index in [0.29, 0.717) is 17.9 Å². The van der Waals surface area contributed by atoms with Gasteiger partial charge in [0.25, 0.3) is 6.20 Å². The number of halogens is 1. The molecule has 10 nitrogen and oxygen atoms in total. The van der Waals surface area contributed by atoms with Gasteiger partial charge >= 0.3 is 12.1 Å². The van der Waals surface area contributed by atoms with Crippen molar-refractivity contribution in [2.24, 2.45) is 0 Å². The van der Waals surface area contributed by atoms with Gasteiger partial charge in [0.05, 0.1) is 4.92 Å². The van der Waals surface area contributed by atoms with Crippen molar-refractivity contribution in [3.8, 4) is 0 Å². The third kappa shape index (κ3) is 6.93. The number of nitro groups is 1. The number of hydrogen-bond acceptors (Lipinski definition) is 8. The molecule has 1 rings (SSSR count). The number of rotatable bonds is 8. The molecule has 1 heterocycles. The first-order valence-electron chi connectivity index (χ1n) is 7.49. The van der Waals surface area contributed by atoms with Gasteiger partial charge in [-0.2, -0.15) is 0 Å². The molecule has 0 aromatic carbocycles. The van der Waals surface area contributed by atoms with Crippen molar-refractivity contribution < 1.29 is 24.0 Å². The molecule has 0 bridgehead atoms. The van der Waals surface area contributed by atoms with Crippen LogP contribution in [0.1, 0.15) is 19.4 Å². The maximum Gasteiger partial charge on any atom is 0.418 e. The average Bonchev–Trinajstić information content (AvgIpc) is 2.58. The van der Waals surface area contributed by atoms with E-state index in [1.165, 1.54) is 13.2 Å². The highest BCUT2D eigenvalue weighted by molar-refractivity contribution is 6.29. The second-order valence-corrected chi connectivity index (χ2v) is 5.39. The van der Waals surface area contributed by atoms with Crippen LogP contribution in [-0.4, -0.2) is 52.2 Å². The van der Waals surface area contributed by atoms with E-state index in [4.69, 9.17) is 16.3 Å². The molecule has 26 heavy (non-hydrogen) atoms. The molecular formula is C15H19ClN4O6. The van der Waals surface area contributed by atoms with Crippen molar-refractivity contribution in [3.63, 3.8) is 0 Å². The summed E-state index contributed by atoms with van der Waals surface area (Å²) in [5.41, 5.74) is 0.743. The van der Waals surface area contributed by atoms with Gasteiger partial charge in [-0.25, -0.2) is 9.78 Å². The Hall–Kier alpha value is -2.88.